The van der Waals surface area contributed by atoms with Crippen LogP contribution in [0.2, 0.25) is 0 Å². The zero-order chi connectivity index (χ0) is 13.0. The fourth-order valence-corrected chi connectivity index (χ4v) is 3.40. The van der Waals surface area contributed by atoms with Crippen LogP contribution in [-0.4, -0.2) is 32.5 Å². The molecular formula is C13H22F3NO. The molecule has 0 heterocycles. The predicted molar refractivity (Wildman–Crippen MR) is 63.3 cm³/mol. The minimum Gasteiger partial charge on any atom is -0.372 e. The van der Waals surface area contributed by atoms with Gasteiger partial charge in [0.25, 0.3) is 0 Å². The van der Waals surface area contributed by atoms with Gasteiger partial charge in [0.1, 0.15) is 6.61 Å². The topological polar surface area (TPSA) is 21.3 Å². The molecule has 0 aromatic carbocycles. The van der Waals surface area contributed by atoms with E-state index < -0.39 is 12.8 Å². The molecule has 1 N–H and O–H groups in total. The van der Waals surface area contributed by atoms with Gasteiger partial charge in [-0.2, -0.15) is 13.2 Å². The molecule has 2 saturated carbocycles. The third-order valence-electron chi connectivity index (χ3n) is 4.20. The highest BCUT2D eigenvalue weighted by Gasteiger charge is 2.38. The summed E-state index contributed by atoms with van der Waals surface area (Å²) in [7, 11) is 0. The van der Waals surface area contributed by atoms with Crippen LogP contribution in [0.15, 0.2) is 0 Å². The molecule has 2 aliphatic carbocycles. The zero-order valence-corrected chi connectivity index (χ0v) is 10.6. The molecule has 0 aromatic rings. The highest BCUT2D eigenvalue weighted by molar-refractivity contribution is 4.90. The normalized spacial score (nSPS) is 31.2. The molecule has 3 atom stereocenters. The molecule has 0 saturated heterocycles. The predicted octanol–water partition coefficient (Wildman–Crippen LogP) is 2.98. The first-order chi connectivity index (χ1) is 8.54. The van der Waals surface area contributed by atoms with Crippen molar-refractivity contribution in [3.05, 3.63) is 0 Å². The molecule has 2 bridgehead atoms. The highest BCUT2D eigenvalue weighted by Crippen LogP contribution is 2.47. The standard InChI is InChI=1S/C13H22F3NO/c14-13(15,16)9-18-5-1-4-17-8-12-7-10-2-3-11(12)6-10/h10-12,17H,1-9H2. The first-order valence-electron chi connectivity index (χ1n) is 6.90. The monoisotopic (exact) mass is 265 g/mol. The molecule has 0 amide bonds. The molecular weight excluding hydrogens is 243 g/mol. The molecule has 18 heavy (non-hydrogen) atoms. The van der Waals surface area contributed by atoms with Crippen LogP contribution in [0.5, 0.6) is 0 Å². The molecule has 0 aliphatic heterocycles. The fourth-order valence-electron chi connectivity index (χ4n) is 3.40. The van der Waals surface area contributed by atoms with Crippen molar-refractivity contribution >= 4 is 0 Å². The Morgan fingerprint density at radius 1 is 1.17 bits per heavy atom. The molecule has 0 aromatic heterocycles. The summed E-state index contributed by atoms with van der Waals surface area (Å²) in [5.41, 5.74) is 0. The van der Waals surface area contributed by atoms with Crippen molar-refractivity contribution in [2.45, 2.75) is 38.3 Å². The van der Waals surface area contributed by atoms with Gasteiger partial charge < -0.3 is 10.1 Å². The van der Waals surface area contributed by atoms with Gasteiger partial charge in [-0.25, -0.2) is 0 Å². The average molecular weight is 265 g/mol. The van der Waals surface area contributed by atoms with Gasteiger partial charge in [0.05, 0.1) is 0 Å². The lowest BCUT2D eigenvalue weighted by molar-refractivity contribution is -0.173. The van der Waals surface area contributed by atoms with Crippen molar-refractivity contribution < 1.29 is 17.9 Å². The van der Waals surface area contributed by atoms with Crippen molar-refractivity contribution in [2.75, 3.05) is 26.3 Å². The Morgan fingerprint density at radius 2 is 2.00 bits per heavy atom. The number of halogens is 3. The van der Waals surface area contributed by atoms with Crippen molar-refractivity contribution in [2.24, 2.45) is 17.8 Å². The molecule has 2 nitrogen and oxygen atoms in total. The Labute approximate surface area is 106 Å². The van der Waals surface area contributed by atoms with E-state index in [0.717, 1.165) is 30.8 Å². The largest absolute Gasteiger partial charge is 0.411 e. The maximum absolute atomic E-state index is 11.8. The second-order valence-electron chi connectivity index (χ2n) is 5.66. The van der Waals surface area contributed by atoms with Crippen molar-refractivity contribution in [3.8, 4) is 0 Å². The summed E-state index contributed by atoms with van der Waals surface area (Å²) in [4.78, 5) is 0. The molecule has 5 heteroatoms. The first-order valence-corrected chi connectivity index (χ1v) is 6.90. The molecule has 2 rings (SSSR count). The van der Waals surface area contributed by atoms with Gasteiger partial charge in [-0.1, -0.05) is 6.42 Å². The van der Waals surface area contributed by atoms with Gasteiger partial charge in [-0.3, -0.25) is 0 Å². The van der Waals surface area contributed by atoms with Crippen LogP contribution in [0.1, 0.15) is 32.1 Å². The van der Waals surface area contributed by atoms with Gasteiger partial charge in [-0.05, 0) is 56.5 Å². The lowest BCUT2D eigenvalue weighted by Crippen LogP contribution is -2.28. The van der Waals surface area contributed by atoms with E-state index >= 15 is 0 Å². The number of hydrogen-bond donors (Lipinski definition) is 1. The maximum atomic E-state index is 11.8. The van der Waals surface area contributed by atoms with E-state index in [9.17, 15) is 13.2 Å². The van der Waals surface area contributed by atoms with E-state index in [-0.39, 0.29) is 6.61 Å². The quantitative estimate of drug-likeness (QED) is 0.715. The maximum Gasteiger partial charge on any atom is 0.411 e. The van der Waals surface area contributed by atoms with Crippen LogP contribution in [0.4, 0.5) is 13.2 Å². The van der Waals surface area contributed by atoms with E-state index in [1.165, 1.54) is 25.7 Å². The van der Waals surface area contributed by atoms with E-state index in [4.69, 9.17) is 0 Å². The first kappa shape index (κ1) is 14.1. The van der Waals surface area contributed by atoms with E-state index in [1.54, 1.807) is 0 Å². The van der Waals surface area contributed by atoms with Crippen LogP contribution in [0.25, 0.3) is 0 Å². The molecule has 2 fully saturated rings. The van der Waals surface area contributed by atoms with Crippen molar-refractivity contribution in [1.29, 1.82) is 0 Å². The second kappa shape index (κ2) is 6.24. The summed E-state index contributed by atoms with van der Waals surface area (Å²) < 4.78 is 39.9. The Bertz CT molecular complexity index is 257. The number of nitrogens with one attached hydrogen (secondary N) is 1. The summed E-state index contributed by atoms with van der Waals surface area (Å²) >= 11 is 0. The molecule has 2 aliphatic rings. The summed E-state index contributed by atoms with van der Waals surface area (Å²) in [6, 6.07) is 0. The van der Waals surface area contributed by atoms with Crippen molar-refractivity contribution in [3.63, 3.8) is 0 Å². The zero-order valence-electron chi connectivity index (χ0n) is 10.6. The van der Waals surface area contributed by atoms with Gasteiger partial charge in [0.2, 0.25) is 0 Å². The third kappa shape index (κ3) is 4.43. The SMILES string of the molecule is FC(F)(F)COCCCNCC1CC2CCC1C2. The Balaban J connectivity index is 1.42. The van der Waals surface area contributed by atoms with Gasteiger partial charge in [0, 0.05) is 6.61 Å². The Hall–Kier alpha value is -0.290. The average Bonchev–Trinajstić information content (AvgIpc) is 2.88. The lowest BCUT2D eigenvalue weighted by Gasteiger charge is -2.21. The molecule has 0 radical (unpaired) electrons. The lowest BCUT2D eigenvalue weighted by atomic mass is 9.89. The molecule has 3 unspecified atom stereocenters. The van der Waals surface area contributed by atoms with Crippen LogP contribution in [0, 0.1) is 17.8 Å². The second-order valence-corrected chi connectivity index (χ2v) is 5.66. The van der Waals surface area contributed by atoms with Crippen LogP contribution in [0.3, 0.4) is 0 Å². The molecule has 0 spiro atoms. The van der Waals surface area contributed by atoms with E-state index in [0.29, 0.717) is 6.42 Å². The van der Waals surface area contributed by atoms with Gasteiger partial charge in [-0.15, -0.1) is 0 Å². The highest BCUT2D eigenvalue weighted by atomic mass is 19.4. The van der Waals surface area contributed by atoms with E-state index in [2.05, 4.69) is 10.1 Å². The summed E-state index contributed by atoms with van der Waals surface area (Å²) in [5.74, 6) is 2.67. The number of ether oxygens (including phenoxy) is 1. The van der Waals surface area contributed by atoms with Gasteiger partial charge in [0.15, 0.2) is 0 Å². The third-order valence-corrected chi connectivity index (χ3v) is 4.20. The Morgan fingerprint density at radius 3 is 2.61 bits per heavy atom. The van der Waals surface area contributed by atoms with Crippen LogP contribution < -0.4 is 5.32 Å². The summed E-state index contributed by atoms with van der Waals surface area (Å²) in [5, 5.41) is 3.35. The van der Waals surface area contributed by atoms with Gasteiger partial charge >= 0.3 is 6.18 Å². The minimum atomic E-state index is -4.20. The summed E-state index contributed by atoms with van der Waals surface area (Å²) in [6.45, 7) is 0.842. The number of hydrogen-bond acceptors (Lipinski definition) is 2. The minimum absolute atomic E-state index is 0.184. The van der Waals surface area contributed by atoms with Crippen LogP contribution >= 0.6 is 0 Å². The summed E-state index contributed by atoms with van der Waals surface area (Å²) in [6.07, 6.45) is 1.99. The smallest absolute Gasteiger partial charge is 0.372 e. The van der Waals surface area contributed by atoms with Crippen molar-refractivity contribution in [1.82, 2.24) is 5.32 Å². The number of alkyl halides is 3. The number of fused-ring (bicyclic) bond motifs is 2. The number of rotatable bonds is 7. The Kier molecular flexibility index (Phi) is 4.90. The van der Waals surface area contributed by atoms with Crippen LogP contribution in [-0.2, 0) is 4.74 Å². The van der Waals surface area contributed by atoms with E-state index in [1.807, 2.05) is 0 Å². The fraction of sp³-hybridized carbons (Fsp3) is 1.00. The molecule has 106 valence electrons.